The van der Waals surface area contributed by atoms with Gasteiger partial charge in [-0.25, -0.2) is 9.97 Å². The van der Waals surface area contributed by atoms with Crippen molar-refractivity contribution in [2.45, 2.75) is 47.3 Å². The molecule has 7 rings (SSSR count). The number of thiazole rings is 1. The average molecular weight is 646 g/mol. The lowest BCUT2D eigenvalue weighted by atomic mass is 9.90. The summed E-state index contributed by atoms with van der Waals surface area (Å²) in [6.07, 6.45) is 7.46. The van der Waals surface area contributed by atoms with Gasteiger partial charge in [-0.1, -0.05) is 23.5 Å². The molecule has 0 saturated carbocycles. The van der Waals surface area contributed by atoms with Crippen molar-refractivity contribution >= 4 is 62.4 Å². The molecule has 6 heterocycles. The number of nitrogens with one attached hydrogen (secondary N) is 2. The summed E-state index contributed by atoms with van der Waals surface area (Å²) in [6.45, 7) is 3.35. The first-order valence-electron chi connectivity index (χ1n) is 14.7. The molecule has 1 aromatic carbocycles. The lowest BCUT2D eigenvalue weighted by Gasteiger charge is -2.23. The Morgan fingerprint density at radius 1 is 1.09 bits per heavy atom. The summed E-state index contributed by atoms with van der Waals surface area (Å²) < 4.78 is 15.1. The summed E-state index contributed by atoms with van der Waals surface area (Å²) in [5.74, 6) is 0.800. The molecule has 2 aliphatic heterocycles. The van der Waals surface area contributed by atoms with Crippen LogP contribution in [0.5, 0.6) is 0 Å². The van der Waals surface area contributed by atoms with E-state index in [1.165, 1.54) is 32.8 Å². The van der Waals surface area contributed by atoms with Gasteiger partial charge in [0.1, 0.15) is 12.2 Å². The number of carbonyl (C=O) groups is 1. The van der Waals surface area contributed by atoms with Gasteiger partial charge in [-0.2, -0.15) is 4.98 Å². The Hall–Kier alpha value is -3.62. The third-order valence-electron chi connectivity index (χ3n) is 8.20. The van der Waals surface area contributed by atoms with Gasteiger partial charge in [0.25, 0.3) is 5.56 Å². The van der Waals surface area contributed by atoms with Gasteiger partial charge in [0.2, 0.25) is 16.1 Å². The van der Waals surface area contributed by atoms with E-state index < -0.39 is 11.2 Å². The molecule has 1 atom stereocenters. The van der Waals surface area contributed by atoms with E-state index in [4.69, 9.17) is 4.98 Å². The summed E-state index contributed by atoms with van der Waals surface area (Å²) in [5, 5.41) is 9.13. The minimum Gasteiger partial charge on any atom is -0.606 e. The Morgan fingerprint density at radius 2 is 1.89 bits per heavy atom. The predicted molar refractivity (Wildman–Crippen MR) is 174 cm³/mol. The number of fused-ring (bicyclic) bond motifs is 1. The van der Waals surface area contributed by atoms with Crippen molar-refractivity contribution in [1.82, 2.24) is 29.7 Å². The first-order chi connectivity index (χ1) is 21.5. The molecule has 1 unspecified atom stereocenters. The van der Waals surface area contributed by atoms with Crippen LogP contribution in [0.2, 0.25) is 0 Å². The van der Waals surface area contributed by atoms with E-state index >= 15 is 0 Å². The van der Waals surface area contributed by atoms with Gasteiger partial charge in [0.05, 0.1) is 17.3 Å². The van der Waals surface area contributed by atoms with E-state index in [9.17, 15) is 14.1 Å². The van der Waals surface area contributed by atoms with Crippen LogP contribution in [-0.2, 0) is 22.5 Å². The second-order valence-electron chi connectivity index (χ2n) is 11.0. The van der Waals surface area contributed by atoms with E-state index in [1.807, 2.05) is 12.1 Å². The maximum atomic E-state index is 14.0. The smallest absolute Gasteiger partial charge is 0.261 e. The summed E-state index contributed by atoms with van der Waals surface area (Å²) >= 11 is 1.29. The first-order valence-corrected chi connectivity index (χ1v) is 17.6. The van der Waals surface area contributed by atoms with Gasteiger partial charge in [-0.15, -0.1) is 11.3 Å². The molecule has 2 aliphatic rings. The van der Waals surface area contributed by atoms with Gasteiger partial charge in [-0.05, 0) is 68.5 Å². The Kier molecular flexibility index (Phi) is 8.45. The number of amides is 1. The normalized spacial score (nSPS) is 16.4. The number of carbonyl (C=O) groups excluding carboxylic acids is 1. The van der Waals surface area contributed by atoms with Gasteiger partial charge in [0, 0.05) is 57.9 Å². The highest BCUT2D eigenvalue weighted by Crippen LogP contribution is 2.33. The number of rotatable bonds is 8. The molecule has 44 heavy (non-hydrogen) atoms. The van der Waals surface area contributed by atoms with Gasteiger partial charge < -0.3 is 20.1 Å². The van der Waals surface area contributed by atoms with E-state index in [1.54, 1.807) is 40.3 Å². The number of likely N-dealkylation sites (tertiary alicyclic amines) is 1. The summed E-state index contributed by atoms with van der Waals surface area (Å²) in [4.78, 5) is 43.7. The van der Waals surface area contributed by atoms with Crippen LogP contribution in [0.25, 0.3) is 21.5 Å². The molecule has 2 fully saturated rings. The highest BCUT2D eigenvalue weighted by molar-refractivity contribution is 7.93. The zero-order chi connectivity index (χ0) is 30.0. The second-order valence-corrected chi connectivity index (χ2v) is 14.5. The van der Waals surface area contributed by atoms with Crippen LogP contribution in [0.1, 0.15) is 37.2 Å². The van der Waals surface area contributed by atoms with Gasteiger partial charge >= 0.3 is 0 Å². The van der Waals surface area contributed by atoms with E-state index in [0.717, 1.165) is 44.5 Å². The number of benzene rings is 1. The van der Waals surface area contributed by atoms with Crippen LogP contribution < -0.4 is 16.2 Å². The minimum atomic E-state index is -1.38. The zero-order valence-electron chi connectivity index (χ0n) is 23.9. The van der Waals surface area contributed by atoms with E-state index in [2.05, 4.69) is 32.7 Å². The summed E-state index contributed by atoms with van der Waals surface area (Å²) in [7, 11) is 0. The molecule has 0 aliphatic carbocycles. The Balaban J connectivity index is 1.22. The van der Waals surface area contributed by atoms with Crippen LogP contribution in [0, 0.1) is 0 Å². The second kappa shape index (κ2) is 12.8. The molecule has 2 N–H and O–H groups in total. The number of anilines is 2. The lowest BCUT2D eigenvalue weighted by Crippen LogP contribution is -2.35. The largest absolute Gasteiger partial charge is 0.606 e. The van der Waals surface area contributed by atoms with Crippen LogP contribution in [-0.4, -0.2) is 61.1 Å². The lowest BCUT2D eigenvalue weighted by molar-refractivity contribution is -0.130. The number of piperidine rings is 1. The number of hydrogen-bond acceptors (Lipinski definition) is 10. The van der Waals surface area contributed by atoms with Gasteiger partial charge in [0.15, 0.2) is 4.90 Å². The molecule has 226 valence electrons. The Labute approximate surface area is 265 Å². The molecule has 0 spiro atoms. The third-order valence-corrected chi connectivity index (χ3v) is 11.8. The summed E-state index contributed by atoms with van der Waals surface area (Å²) in [5.41, 5.74) is 4.31. The number of pyridine rings is 1. The van der Waals surface area contributed by atoms with Crippen LogP contribution in [0.4, 0.5) is 11.6 Å². The quantitative estimate of drug-likeness (QED) is 0.226. The highest BCUT2D eigenvalue weighted by Gasteiger charge is 2.24. The average Bonchev–Trinajstić information content (AvgIpc) is 3.86. The molecule has 5 aromatic rings. The highest BCUT2D eigenvalue weighted by atomic mass is 32.2. The topological polar surface area (TPSA) is 128 Å². The fourth-order valence-electron chi connectivity index (χ4n) is 5.84. The maximum Gasteiger partial charge on any atom is 0.261 e. The van der Waals surface area contributed by atoms with Crippen LogP contribution >= 0.6 is 22.7 Å². The van der Waals surface area contributed by atoms with Crippen molar-refractivity contribution in [3.8, 4) is 10.4 Å². The minimum absolute atomic E-state index is 0.108. The van der Waals surface area contributed by atoms with Crippen molar-refractivity contribution < 1.29 is 9.35 Å². The van der Waals surface area contributed by atoms with Crippen LogP contribution in [0.15, 0.2) is 73.6 Å². The van der Waals surface area contributed by atoms with Gasteiger partial charge in [-0.3, -0.25) is 14.2 Å². The summed E-state index contributed by atoms with van der Waals surface area (Å²) in [6, 6.07) is 11.9. The number of thiophene rings is 1. The van der Waals surface area contributed by atoms with E-state index in [0.29, 0.717) is 55.5 Å². The SMILES string of the molecule is O=C(Cn1c(=O)c(-c2cc([S+]([O-])c3cncs3)cs2)cc2cnc(Nc3ccc(C4CCNCC4)cc3)nc21)N1CCCC1. The molecule has 1 amide bonds. The zero-order valence-corrected chi connectivity index (χ0v) is 26.3. The van der Waals surface area contributed by atoms with Crippen molar-refractivity contribution in [3.05, 3.63) is 75.6 Å². The number of hydrogen-bond donors (Lipinski definition) is 2. The Morgan fingerprint density at radius 3 is 2.64 bits per heavy atom. The standard InChI is InChI=1S/C31H31N7O3S3/c39-27(37-11-1-2-12-37)17-38-29-22(13-25(30(38)40)26-14-24(18-42-26)44(41)28-16-33-19-43-28)15-34-31(36-29)35-23-5-3-20(4-6-23)21-7-9-32-10-8-21/h3-6,13-16,18-19,21,32H,1-2,7-12,17H2,(H,34,35,36). The van der Waals surface area contributed by atoms with Crippen LogP contribution in [0.3, 0.4) is 0 Å². The van der Waals surface area contributed by atoms with E-state index in [-0.39, 0.29) is 18.0 Å². The van der Waals surface area contributed by atoms with Crippen molar-refractivity contribution in [1.29, 1.82) is 0 Å². The monoisotopic (exact) mass is 645 g/mol. The van der Waals surface area contributed by atoms with Crippen molar-refractivity contribution in [3.63, 3.8) is 0 Å². The molecule has 10 nitrogen and oxygen atoms in total. The van der Waals surface area contributed by atoms with Crippen molar-refractivity contribution in [2.75, 3.05) is 31.5 Å². The molecular formula is C31H31N7O3S3. The number of aromatic nitrogens is 4. The number of nitrogens with zero attached hydrogens (tertiary/aromatic N) is 5. The first kappa shape index (κ1) is 29.1. The molecule has 0 radical (unpaired) electrons. The van der Waals surface area contributed by atoms with Crippen molar-refractivity contribution in [2.24, 2.45) is 0 Å². The predicted octanol–water partition coefficient (Wildman–Crippen LogP) is 4.98. The molecule has 0 bridgehead atoms. The fraction of sp³-hybridized carbons (Fsp3) is 0.323. The molecular weight excluding hydrogens is 615 g/mol. The Bertz CT molecular complexity index is 1830. The molecule has 4 aromatic heterocycles. The molecule has 2 saturated heterocycles. The molecule has 13 heteroatoms. The maximum absolute atomic E-state index is 14.0. The third kappa shape index (κ3) is 6.02. The fourth-order valence-corrected chi connectivity index (χ4v) is 8.91.